The third-order valence-corrected chi connectivity index (χ3v) is 5.06. The fraction of sp³-hybridized carbons (Fsp3) is 0.875. The molecule has 0 aromatic carbocycles. The Hall–Kier alpha value is 0.330. The number of hydrogen-bond donors (Lipinski definition) is 1. The highest BCUT2D eigenvalue weighted by Crippen LogP contribution is 2.30. The smallest absolute Gasteiger partial charge is 0.134 e. The molecule has 0 aromatic heterocycles. The van der Waals surface area contributed by atoms with Gasteiger partial charge < -0.3 is 5.73 Å². The zero-order valence-corrected chi connectivity index (χ0v) is 9.08. The van der Waals surface area contributed by atoms with Crippen molar-refractivity contribution in [2.45, 2.75) is 24.5 Å². The van der Waals surface area contributed by atoms with E-state index in [2.05, 4.69) is 6.92 Å². The number of carbonyl (C=O) groups is 1. The number of Topliss-reactive ketones (excluding diaryl/α,β-unsaturated/α-hetero) is 1. The van der Waals surface area contributed by atoms with Crippen LogP contribution >= 0.6 is 23.5 Å². The lowest BCUT2D eigenvalue weighted by Crippen LogP contribution is -2.25. The number of rotatable bonds is 1. The van der Waals surface area contributed by atoms with Crippen LogP contribution in [-0.2, 0) is 4.79 Å². The molecule has 0 saturated carbocycles. The Kier molecular flexibility index (Phi) is 3.93. The van der Waals surface area contributed by atoms with Gasteiger partial charge in [0, 0.05) is 22.7 Å². The molecule has 3 atom stereocenters. The Morgan fingerprint density at radius 3 is 2.58 bits per heavy atom. The molecule has 2 N–H and O–H groups in total. The van der Waals surface area contributed by atoms with E-state index in [-0.39, 0.29) is 11.3 Å². The highest BCUT2D eigenvalue weighted by atomic mass is 32.2. The van der Waals surface area contributed by atoms with E-state index >= 15 is 0 Å². The molecule has 1 rings (SSSR count). The Balaban J connectivity index is 2.49. The summed E-state index contributed by atoms with van der Waals surface area (Å²) >= 11 is 3.54. The molecule has 70 valence electrons. The van der Waals surface area contributed by atoms with Crippen molar-refractivity contribution >= 4 is 29.3 Å². The van der Waals surface area contributed by atoms with Gasteiger partial charge in [-0.15, -0.1) is 11.8 Å². The van der Waals surface area contributed by atoms with Crippen molar-refractivity contribution in [3.8, 4) is 0 Å². The van der Waals surface area contributed by atoms with E-state index < -0.39 is 0 Å². The topological polar surface area (TPSA) is 43.1 Å². The lowest BCUT2D eigenvalue weighted by Gasteiger charge is -2.13. The standard InChI is InChI=1S/C8H15NOS2/c1-5(10)7-3-11-6(2)8(9)12-4-7/h6-8H,3-4,9H2,1-2H3. The van der Waals surface area contributed by atoms with E-state index in [1.165, 1.54) is 0 Å². The molecule has 1 aliphatic rings. The van der Waals surface area contributed by atoms with E-state index in [9.17, 15) is 4.79 Å². The van der Waals surface area contributed by atoms with Gasteiger partial charge in [-0.25, -0.2) is 0 Å². The SMILES string of the molecule is CC(=O)C1CSC(C)C(N)SC1. The van der Waals surface area contributed by atoms with Crippen molar-refractivity contribution < 1.29 is 4.79 Å². The summed E-state index contributed by atoms with van der Waals surface area (Å²) in [5, 5.41) is 0.665. The summed E-state index contributed by atoms with van der Waals surface area (Å²) in [4.78, 5) is 11.1. The van der Waals surface area contributed by atoms with Crippen LogP contribution in [0.15, 0.2) is 0 Å². The summed E-state index contributed by atoms with van der Waals surface area (Å²) in [5.41, 5.74) is 5.87. The fourth-order valence-electron chi connectivity index (χ4n) is 1.01. The van der Waals surface area contributed by atoms with Crippen molar-refractivity contribution in [2.75, 3.05) is 11.5 Å². The summed E-state index contributed by atoms with van der Waals surface area (Å²) in [6, 6.07) is 0. The average molecular weight is 205 g/mol. The molecule has 4 heteroatoms. The predicted octanol–water partition coefficient (Wildman–Crippen LogP) is 1.34. The van der Waals surface area contributed by atoms with E-state index in [1.54, 1.807) is 18.7 Å². The Labute approximate surface area is 82.0 Å². The van der Waals surface area contributed by atoms with Gasteiger partial charge in [-0.1, -0.05) is 6.92 Å². The molecule has 12 heavy (non-hydrogen) atoms. The summed E-state index contributed by atoms with van der Waals surface area (Å²) in [7, 11) is 0. The molecule has 0 bridgehead atoms. The van der Waals surface area contributed by atoms with Gasteiger partial charge in [0.1, 0.15) is 5.78 Å². The number of nitrogens with two attached hydrogens (primary N) is 1. The molecule has 2 nitrogen and oxygen atoms in total. The van der Waals surface area contributed by atoms with E-state index in [4.69, 9.17) is 5.73 Å². The minimum Gasteiger partial charge on any atom is -0.318 e. The van der Waals surface area contributed by atoms with Gasteiger partial charge in [0.05, 0.1) is 5.37 Å². The second-order valence-corrected chi connectivity index (χ2v) is 5.77. The van der Waals surface area contributed by atoms with Crippen LogP contribution in [0.25, 0.3) is 0 Å². The summed E-state index contributed by atoms with van der Waals surface area (Å²) in [5.74, 6) is 2.36. The maximum absolute atomic E-state index is 11.1. The van der Waals surface area contributed by atoms with Crippen molar-refractivity contribution in [3.63, 3.8) is 0 Å². The van der Waals surface area contributed by atoms with Crippen molar-refractivity contribution in [1.29, 1.82) is 0 Å². The van der Waals surface area contributed by atoms with Gasteiger partial charge in [-0.2, -0.15) is 11.8 Å². The van der Waals surface area contributed by atoms with E-state index in [1.807, 2.05) is 11.8 Å². The van der Waals surface area contributed by atoms with Crippen LogP contribution in [0, 0.1) is 5.92 Å². The van der Waals surface area contributed by atoms with Crippen molar-refractivity contribution in [2.24, 2.45) is 11.7 Å². The first kappa shape index (κ1) is 10.4. The molecule has 0 amide bonds. The van der Waals surface area contributed by atoms with E-state index in [0.717, 1.165) is 11.5 Å². The summed E-state index contributed by atoms with van der Waals surface area (Å²) in [6.45, 7) is 3.80. The lowest BCUT2D eigenvalue weighted by atomic mass is 10.1. The van der Waals surface area contributed by atoms with Crippen LogP contribution in [0.5, 0.6) is 0 Å². The molecular formula is C8H15NOS2. The highest BCUT2D eigenvalue weighted by Gasteiger charge is 2.24. The first-order chi connectivity index (χ1) is 5.61. The number of carbonyl (C=O) groups excluding carboxylic acids is 1. The third-order valence-electron chi connectivity index (χ3n) is 2.09. The van der Waals surface area contributed by atoms with E-state index in [0.29, 0.717) is 11.0 Å². The molecule has 1 heterocycles. The highest BCUT2D eigenvalue weighted by molar-refractivity contribution is 8.04. The third kappa shape index (κ3) is 2.68. The molecule has 0 radical (unpaired) electrons. The van der Waals surface area contributed by atoms with Crippen LogP contribution in [0.2, 0.25) is 0 Å². The molecule has 0 aromatic rings. The molecule has 0 aliphatic carbocycles. The lowest BCUT2D eigenvalue weighted by molar-refractivity contribution is -0.119. The summed E-state index contributed by atoms with van der Waals surface area (Å²) < 4.78 is 0. The Morgan fingerprint density at radius 1 is 1.42 bits per heavy atom. The zero-order valence-electron chi connectivity index (χ0n) is 7.45. The number of hydrogen-bond acceptors (Lipinski definition) is 4. The van der Waals surface area contributed by atoms with Gasteiger partial charge in [0.25, 0.3) is 0 Å². The van der Waals surface area contributed by atoms with Crippen LogP contribution in [-0.4, -0.2) is 27.9 Å². The molecule has 1 fully saturated rings. The van der Waals surface area contributed by atoms with Crippen LogP contribution < -0.4 is 5.73 Å². The molecule has 3 unspecified atom stereocenters. The first-order valence-electron chi connectivity index (χ1n) is 4.10. The van der Waals surface area contributed by atoms with Crippen molar-refractivity contribution in [1.82, 2.24) is 0 Å². The zero-order chi connectivity index (χ0) is 9.14. The average Bonchev–Trinajstić information content (AvgIpc) is 2.16. The largest absolute Gasteiger partial charge is 0.318 e. The normalized spacial score (nSPS) is 37.4. The van der Waals surface area contributed by atoms with Crippen LogP contribution in [0.4, 0.5) is 0 Å². The second kappa shape index (κ2) is 4.53. The van der Waals surface area contributed by atoms with Crippen LogP contribution in [0.1, 0.15) is 13.8 Å². The summed E-state index contributed by atoms with van der Waals surface area (Å²) in [6.07, 6.45) is 0. The minimum atomic E-state index is 0.194. The molecule has 0 spiro atoms. The van der Waals surface area contributed by atoms with Gasteiger partial charge >= 0.3 is 0 Å². The molecule has 1 aliphatic heterocycles. The van der Waals surface area contributed by atoms with Crippen molar-refractivity contribution in [3.05, 3.63) is 0 Å². The van der Waals surface area contributed by atoms with Gasteiger partial charge in [-0.3, -0.25) is 4.79 Å². The molecule has 1 saturated heterocycles. The maximum Gasteiger partial charge on any atom is 0.134 e. The Morgan fingerprint density at radius 2 is 2.00 bits per heavy atom. The number of ketones is 1. The van der Waals surface area contributed by atoms with Gasteiger partial charge in [0.2, 0.25) is 0 Å². The van der Waals surface area contributed by atoms with Gasteiger partial charge in [0.15, 0.2) is 0 Å². The second-order valence-electron chi connectivity index (χ2n) is 3.14. The monoisotopic (exact) mass is 205 g/mol. The first-order valence-corrected chi connectivity index (χ1v) is 6.20. The fourth-order valence-corrected chi connectivity index (χ4v) is 3.79. The minimum absolute atomic E-state index is 0.194. The maximum atomic E-state index is 11.1. The Bertz CT molecular complexity index is 162. The molecular weight excluding hydrogens is 190 g/mol. The van der Waals surface area contributed by atoms with Crippen LogP contribution in [0.3, 0.4) is 0 Å². The quantitative estimate of drug-likeness (QED) is 0.701. The number of thioether (sulfide) groups is 2. The predicted molar refractivity (Wildman–Crippen MR) is 56.5 cm³/mol. The van der Waals surface area contributed by atoms with Gasteiger partial charge in [-0.05, 0) is 6.92 Å².